The van der Waals surface area contributed by atoms with E-state index in [9.17, 15) is 14.4 Å². The molecule has 0 atom stereocenters. The largest absolute Gasteiger partial charge is 0.497 e. The highest BCUT2D eigenvalue weighted by Crippen LogP contribution is 2.12. The van der Waals surface area contributed by atoms with E-state index in [1.54, 1.807) is 61.7 Å². The van der Waals surface area contributed by atoms with Crippen molar-refractivity contribution in [1.29, 1.82) is 0 Å². The van der Waals surface area contributed by atoms with Crippen LogP contribution < -0.4 is 26.2 Å². The van der Waals surface area contributed by atoms with Gasteiger partial charge in [0.05, 0.1) is 7.11 Å². The van der Waals surface area contributed by atoms with E-state index in [1.807, 2.05) is 13.8 Å². The van der Waals surface area contributed by atoms with E-state index < -0.39 is 11.8 Å². The van der Waals surface area contributed by atoms with Gasteiger partial charge >= 0.3 is 0 Å². The smallest absolute Gasteiger partial charge is 0.269 e. The Kier molecular flexibility index (Phi) is 9.37. The fourth-order valence-corrected chi connectivity index (χ4v) is 2.70. The summed E-state index contributed by atoms with van der Waals surface area (Å²) in [6.07, 6.45) is 3.37. The Labute approximate surface area is 192 Å². The highest BCUT2D eigenvalue weighted by Gasteiger charge is 2.09. The number of hydrazine groups is 1. The van der Waals surface area contributed by atoms with Crippen LogP contribution in [0.3, 0.4) is 0 Å². The molecule has 0 radical (unpaired) electrons. The standard InChI is InChI=1S/C23H26N4O4S/c1-15(2)14-21(29)24-18-9-7-17(8-10-18)22(30)26-27-23(32)25-20(28)13-6-16-4-11-19(31-3)12-5-16/h4-13,15H,14H2,1-3H3,(H,24,29)(H,26,30)(H2,25,27,28,32)/b13-6+. The number of rotatable bonds is 7. The first-order chi connectivity index (χ1) is 15.3. The van der Waals surface area contributed by atoms with Gasteiger partial charge in [-0.3, -0.25) is 30.6 Å². The van der Waals surface area contributed by atoms with Gasteiger partial charge in [0.2, 0.25) is 11.8 Å². The summed E-state index contributed by atoms with van der Waals surface area (Å²) in [4.78, 5) is 36.0. The van der Waals surface area contributed by atoms with E-state index in [-0.39, 0.29) is 16.9 Å². The minimum atomic E-state index is -0.450. The molecule has 168 valence electrons. The molecule has 3 amide bonds. The third-order valence-corrected chi connectivity index (χ3v) is 4.30. The lowest BCUT2D eigenvalue weighted by atomic mass is 10.1. The van der Waals surface area contributed by atoms with Crippen LogP contribution >= 0.6 is 12.2 Å². The predicted molar refractivity (Wildman–Crippen MR) is 128 cm³/mol. The molecule has 0 heterocycles. The molecule has 2 aromatic rings. The van der Waals surface area contributed by atoms with Crippen molar-refractivity contribution >= 4 is 46.8 Å². The zero-order chi connectivity index (χ0) is 23.5. The summed E-state index contributed by atoms with van der Waals surface area (Å²) in [6.45, 7) is 3.92. The molecule has 0 aliphatic rings. The molecule has 0 unspecified atom stereocenters. The van der Waals surface area contributed by atoms with E-state index in [4.69, 9.17) is 17.0 Å². The van der Waals surface area contributed by atoms with Crippen molar-refractivity contribution in [1.82, 2.24) is 16.2 Å². The van der Waals surface area contributed by atoms with Crippen molar-refractivity contribution in [2.24, 2.45) is 5.92 Å². The Balaban J connectivity index is 1.77. The first-order valence-electron chi connectivity index (χ1n) is 9.90. The number of amides is 3. The lowest BCUT2D eigenvalue weighted by Gasteiger charge is -2.11. The highest BCUT2D eigenvalue weighted by molar-refractivity contribution is 7.80. The van der Waals surface area contributed by atoms with Crippen molar-refractivity contribution in [3.8, 4) is 5.75 Å². The molecule has 0 fully saturated rings. The molecule has 8 nitrogen and oxygen atoms in total. The van der Waals surface area contributed by atoms with Crippen molar-refractivity contribution in [2.75, 3.05) is 12.4 Å². The van der Waals surface area contributed by atoms with Crippen LogP contribution in [0.4, 0.5) is 5.69 Å². The zero-order valence-corrected chi connectivity index (χ0v) is 18.9. The van der Waals surface area contributed by atoms with Gasteiger partial charge in [-0.05, 0) is 66.2 Å². The summed E-state index contributed by atoms with van der Waals surface area (Å²) >= 11 is 5.01. The molecule has 0 aromatic heterocycles. The summed E-state index contributed by atoms with van der Waals surface area (Å²) < 4.78 is 5.08. The van der Waals surface area contributed by atoms with Gasteiger partial charge in [0.1, 0.15) is 5.75 Å². The number of hydrogen-bond acceptors (Lipinski definition) is 5. The SMILES string of the molecule is COc1ccc(/C=C/C(=O)NC(=S)NNC(=O)c2ccc(NC(=O)CC(C)C)cc2)cc1. The van der Waals surface area contributed by atoms with Crippen molar-refractivity contribution in [3.63, 3.8) is 0 Å². The monoisotopic (exact) mass is 454 g/mol. The third-order valence-electron chi connectivity index (χ3n) is 4.09. The lowest BCUT2D eigenvalue weighted by Crippen LogP contribution is -2.48. The van der Waals surface area contributed by atoms with Crippen LogP contribution in [-0.4, -0.2) is 29.9 Å². The molecule has 0 saturated carbocycles. The number of ether oxygens (including phenoxy) is 1. The second-order valence-electron chi connectivity index (χ2n) is 7.23. The molecule has 0 saturated heterocycles. The number of methoxy groups -OCH3 is 1. The van der Waals surface area contributed by atoms with Crippen LogP contribution in [0.5, 0.6) is 5.75 Å². The molecule has 4 N–H and O–H groups in total. The van der Waals surface area contributed by atoms with Gasteiger partial charge in [-0.2, -0.15) is 0 Å². The van der Waals surface area contributed by atoms with Crippen LogP contribution in [0, 0.1) is 5.92 Å². The quantitative estimate of drug-likeness (QED) is 0.291. The number of carbonyl (C=O) groups is 3. The maximum Gasteiger partial charge on any atom is 0.269 e. The summed E-state index contributed by atoms with van der Waals surface area (Å²) in [5.74, 6) is -0.00267. The van der Waals surface area contributed by atoms with E-state index in [1.165, 1.54) is 6.08 Å². The first kappa shape index (κ1) is 24.5. The van der Waals surface area contributed by atoms with Crippen LogP contribution in [0.15, 0.2) is 54.6 Å². The van der Waals surface area contributed by atoms with Gasteiger partial charge in [0.25, 0.3) is 5.91 Å². The molecule has 0 bridgehead atoms. The van der Waals surface area contributed by atoms with Crippen LogP contribution in [0.1, 0.15) is 36.2 Å². The number of hydrogen-bond donors (Lipinski definition) is 4. The Hall–Kier alpha value is -3.72. The molecule has 0 aliphatic heterocycles. The maximum atomic E-state index is 12.2. The molecule has 0 spiro atoms. The average molecular weight is 455 g/mol. The number of benzene rings is 2. The van der Waals surface area contributed by atoms with Crippen LogP contribution in [0.25, 0.3) is 6.08 Å². The maximum absolute atomic E-state index is 12.2. The van der Waals surface area contributed by atoms with Gasteiger partial charge in [-0.25, -0.2) is 0 Å². The predicted octanol–water partition coefficient (Wildman–Crippen LogP) is 3.03. The van der Waals surface area contributed by atoms with E-state index in [0.717, 1.165) is 11.3 Å². The van der Waals surface area contributed by atoms with Gasteiger partial charge < -0.3 is 10.1 Å². The molecular weight excluding hydrogens is 428 g/mol. The van der Waals surface area contributed by atoms with Crippen LogP contribution in [-0.2, 0) is 9.59 Å². The summed E-state index contributed by atoms with van der Waals surface area (Å²) in [5, 5.41) is 5.15. The molecule has 32 heavy (non-hydrogen) atoms. The zero-order valence-electron chi connectivity index (χ0n) is 18.1. The van der Waals surface area contributed by atoms with Gasteiger partial charge in [0, 0.05) is 23.7 Å². The summed E-state index contributed by atoms with van der Waals surface area (Å²) in [6, 6.07) is 13.6. The average Bonchev–Trinajstić information content (AvgIpc) is 2.76. The second-order valence-corrected chi connectivity index (χ2v) is 7.64. The molecule has 0 aliphatic carbocycles. The van der Waals surface area contributed by atoms with E-state index in [2.05, 4.69) is 21.5 Å². The number of carbonyl (C=O) groups excluding carboxylic acids is 3. The summed E-state index contributed by atoms with van der Waals surface area (Å²) in [7, 11) is 1.58. The van der Waals surface area contributed by atoms with Crippen molar-refractivity contribution < 1.29 is 19.1 Å². The Morgan fingerprint density at radius 2 is 1.66 bits per heavy atom. The van der Waals surface area contributed by atoms with Crippen LogP contribution in [0.2, 0.25) is 0 Å². The Bertz CT molecular complexity index is 986. The second kappa shape index (κ2) is 12.2. The molecule has 2 aromatic carbocycles. The molecular formula is C23H26N4O4S. The Morgan fingerprint density at radius 1 is 1.00 bits per heavy atom. The van der Waals surface area contributed by atoms with E-state index in [0.29, 0.717) is 17.7 Å². The topological polar surface area (TPSA) is 109 Å². The number of thiocarbonyl (C=S) groups is 1. The van der Waals surface area contributed by atoms with E-state index >= 15 is 0 Å². The minimum Gasteiger partial charge on any atom is -0.497 e. The molecule has 2 rings (SSSR count). The fraction of sp³-hybridized carbons (Fsp3) is 0.217. The van der Waals surface area contributed by atoms with Gasteiger partial charge in [-0.15, -0.1) is 0 Å². The Morgan fingerprint density at radius 3 is 2.25 bits per heavy atom. The lowest BCUT2D eigenvalue weighted by molar-refractivity contribution is -0.117. The first-order valence-corrected chi connectivity index (χ1v) is 10.3. The van der Waals surface area contributed by atoms with Crippen molar-refractivity contribution in [2.45, 2.75) is 20.3 Å². The normalized spacial score (nSPS) is 10.5. The fourth-order valence-electron chi connectivity index (χ4n) is 2.55. The van der Waals surface area contributed by atoms with Gasteiger partial charge in [0.15, 0.2) is 5.11 Å². The number of nitrogens with one attached hydrogen (secondary N) is 4. The summed E-state index contributed by atoms with van der Waals surface area (Å²) in [5.41, 5.74) is 6.65. The minimum absolute atomic E-state index is 0.0553. The molecule has 9 heteroatoms. The number of anilines is 1. The van der Waals surface area contributed by atoms with Gasteiger partial charge in [-0.1, -0.05) is 26.0 Å². The van der Waals surface area contributed by atoms with Crippen molar-refractivity contribution in [3.05, 3.63) is 65.7 Å². The highest BCUT2D eigenvalue weighted by atomic mass is 32.1. The third kappa shape index (κ3) is 8.57.